The second-order valence-electron chi connectivity index (χ2n) is 3.20. The summed E-state index contributed by atoms with van der Waals surface area (Å²) in [5.41, 5.74) is 2.41. The van der Waals surface area contributed by atoms with E-state index in [-0.39, 0.29) is 5.25 Å². The number of carboxylic acids is 1. The zero-order valence-corrected chi connectivity index (χ0v) is 8.10. The number of aliphatic carboxylic acids is 1. The number of thioether (sulfide) groups is 1. The molecule has 1 N–H and O–H groups in total. The fraction of sp³-hybridized carbons (Fsp3) is 0.300. The van der Waals surface area contributed by atoms with Crippen LogP contribution in [0.15, 0.2) is 23.1 Å². The summed E-state index contributed by atoms with van der Waals surface area (Å²) in [6, 6.07) is 6.00. The minimum atomic E-state index is -0.708. The predicted octanol–water partition coefficient (Wildman–Crippen LogP) is 2.10. The van der Waals surface area contributed by atoms with Crippen LogP contribution in [0.3, 0.4) is 0 Å². The van der Waals surface area contributed by atoms with Crippen molar-refractivity contribution in [3.8, 4) is 0 Å². The molecular formula is C10H10O2S. The highest BCUT2D eigenvalue weighted by Crippen LogP contribution is 2.38. The zero-order chi connectivity index (χ0) is 9.42. The van der Waals surface area contributed by atoms with E-state index in [0.29, 0.717) is 6.42 Å². The summed E-state index contributed by atoms with van der Waals surface area (Å²) in [6.07, 6.45) is 0.669. The van der Waals surface area contributed by atoms with Crippen LogP contribution < -0.4 is 0 Å². The Morgan fingerprint density at radius 2 is 2.38 bits per heavy atom. The average molecular weight is 194 g/mol. The van der Waals surface area contributed by atoms with Gasteiger partial charge in [-0.3, -0.25) is 4.79 Å². The van der Waals surface area contributed by atoms with Gasteiger partial charge in [0.05, 0.1) is 0 Å². The molecule has 1 aliphatic heterocycles. The van der Waals surface area contributed by atoms with E-state index in [1.54, 1.807) is 0 Å². The van der Waals surface area contributed by atoms with Crippen LogP contribution in [0, 0.1) is 6.92 Å². The maximum Gasteiger partial charge on any atom is 0.317 e. The Kier molecular flexibility index (Phi) is 2.04. The van der Waals surface area contributed by atoms with Gasteiger partial charge in [0.2, 0.25) is 0 Å². The molecule has 0 aliphatic carbocycles. The van der Waals surface area contributed by atoms with Crippen LogP contribution in [-0.4, -0.2) is 16.3 Å². The standard InChI is InChI=1S/C10H10O2S/c1-6-3-2-4-8-7(6)5-9(13-8)10(11)12/h2-4,9H,5H2,1H3,(H,11,12)/t9-/m1/s1. The molecule has 2 rings (SSSR count). The van der Waals surface area contributed by atoms with Crippen molar-refractivity contribution in [2.24, 2.45) is 0 Å². The van der Waals surface area contributed by atoms with Gasteiger partial charge < -0.3 is 5.11 Å². The summed E-state index contributed by atoms with van der Waals surface area (Å²) >= 11 is 1.46. The maximum absolute atomic E-state index is 10.8. The van der Waals surface area contributed by atoms with Crippen LogP contribution in [0.25, 0.3) is 0 Å². The number of hydrogen-bond donors (Lipinski definition) is 1. The Morgan fingerprint density at radius 1 is 1.62 bits per heavy atom. The first-order valence-electron chi connectivity index (χ1n) is 4.16. The predicted molar refractivity (Wildman–Crippen MR) is 52.2 cm³/mol. The topological polar surface area (TPSA) is 37.3 Å². The lowest BCUT2D eigenvalue weighted by Gasteiger charge is -2.00. The van der Waals surface area contributed by atoms with Gasteiger partial charge in [-0.25, -0.2) is 0 Å². The van der Waals surface area contributed by atoms with Gasteiger partial charge in [-0.1, -0.05) is 12.1 Å². The Bertz CT molecular complexity index is 360. The van der Waals surface area contributed by atoms with E-state index in [0.717, 1.165) is 4.90 Å². The third-order valence-corrected chi connectivity index (χ3v) is 3.59. The van der Waals surface area contributed by atoms with Crippen molar-refractivity contribution in [2.45, 2.75) is 23.5 Å². The summed E-state index contributed by atoms with van der Waals surface area (Å²) in [7, 11) is 0. The fourth-order valence-electron chi connectivity index (χ4n) is 1.57. The first-order valence-corrected chi connectivity index (χ1v) is 5.04. The molecule has 0 spiro atoms. The van der Waals surface area contributed by atoms with Gasteiger partial charge >= 0.3 is 5.97 Å². The molecule has 13 heavy (non-hydrogen) atoms. The molecule has 1 heterocycles. The number of fused-ring (bicyclic) bond motifs is 1. The lowest BCUT2D eigenvalue weighted by Crippen LogP contribution is -2.14. The monoisotopic (exact) mass is 194 g/mol. The molecular weight excluding hydrogens is 184 g/mol. The molecule has 0 radical (unpaired) electrons. The van der Waals surface area contributed by atoms with E-state index in [1.165, 1.54) is 22.9 Å². The van der Waals surface area contributed by atoms with Gasteiger partial charge in [-0.15, -0.1) is 11.8 Å². The lowest BCUT2D eigenvalue weighted by atomic mass is 10.0. The molecule has 0 amide bonds. The molecule has 0 saturated carbocycles. The molecule has 0 unspecified atom stereocenters. The van der Waals surface area contributed by atoms with Crippen LogP contribution in [0.5, 0.6) is 0 Å². The molecule has 2 nitrogen and oxygen atoms in total. The van der Waals surface area contributed by atoms with E-state index in [4.69, 9.17) is 5.11 Å². The van der Waals surface area contributed by atoms with Gasteiger partial charge in [0.15, 0.2) is 0 Å². The molecule has 1 aromatic rings. The zero-order valence-electron chi connectivity index (χ0n) is 7.28. The maximum atomic E-state index is 10.8. The lowest BCUT2D eigenvalue weighted by molar-refractivity contribution is -0.136. The number of carboxylic acid groups (broad SMARTS) is 1. The first-order chi connectivity index (χ1) is 6.18. The minimum Gasteiger partial charge on any atom is -0.480 e. The number of aryl methyl sites for hydroxylation is 1. The highest BCUT2D eigenvalue weighted by atomic mass is 32.2. The SMILES string of the molecule is Cc1cccc2c1C[C@H](C(=O)O)S2. The molecule has 3 heteroatoms. The van der Waals surface area contributed by atoms with Gasteiger partial charge in [0.25, 0.3) is 0 Å². The van der Waals surface area contributed by atoms with E-state index < -0.39 is 5.97 Å². The van der Waals surface area contributed by atoms with Crippen molar-refractivity contribution in [1.29, 1.82) is 0 Å². The minimum absolute atomic E-state index is 0.281. The van der Waals surface area contributed by atoms with Crippen LogP contribution in [0.4, 0.5) is 0 Å². The summed E-state index contributed by atoms with van der Waals surface area (Å²) in [5, 5.41) is 8.57. The highest BCUT2D eigenvalue weighted by molar-refractivity contribution is 8.01. The first kappa shape index (κ1) is 8.63. The molecule has 68 valence electrons. The third-order valence-electron chi connectivity index (χ3n) is 2.30. The Morgan fingerprint density at radius 3 is 3.00 bits per heavy atom. The van der Waals surface area contributed by atoms with E-state index in [1.807, 2.05) is 25.1 Å². The largest absolute Gasteiger partial charge is 0.480 e. The Hall–Kier alpha value is -0.960. The van der Waals surface area contributed by atoms with Gasteiger partial charge in [0, 0.05) is 4.90 Å². The summed E-state index contributed by atoms with van der Waals surface area (Å²) in [5.74, 6) is -0.708. The van der Waals surface area contributed by atoms with Crippen molar-refractivity contribution in [3.05, 3.63) is 29.3 Å². The molecule has 0 saturated heterocycles. The summed E-state index contributed by atoms with van der Waals surface area (Å²) in [4.78, 5) is 11.9. The number of carbonyl (C=O) groups is 1. The van der Waals surface area contributed by atoms with Crippen LogP contribution in [0.2, 0.25) is 0 Å². The number of rotatable bonds is 1. The number of hydrogen-bond acceptors (Lipinski definition) is 2. The molecule has 0 aromatic heterocycles. The van der Waals surface area contributed by atoms with Gasteiger partial charge in [0.1, 0.15) is 5.25 Å². The summed E-state index contributed by atoms with van der Waals surface area (Å²) in [6.45, 7) is 2.03. The van der Waals surface area contributed by atoms with Crippen molar-refractivity contribution in [2.75, 3.05) is 0 Å². The highest BCUT2D eigenvalue weighted by Gasteiger charge is 2.28. The third kappa shape index (κ3) is 1.44. The Balaban J connectivity index is 2.35. The average Bonchev–Trinajstić information content (AvgIpc) is 2.49. The van der Waals surface area contributed by atoms with Crippen molar-refractivity contribution in [3.63, 3.8) is 0 Å². The van der Waals surface area contributed by atoms with Crippen LogP contribution >= 0.6 is 11.8 Å². The van der Waals surface area contributed by atoms with E-state index in [2.05, 4.69) is 0 Å². The molecule has 1 aliphatic rings. The van der Waals surface area contributed by atoms with Crippen molar-refractivity contribution in [1.82, 2.24) is 0 Å². The smallest absolute Gasteiger partial charge is 0.317 e. The normalized spacial score (nSPS) is 19.9. The quantitative estimate of drug-likeness (QED) is 0.743. The van der Waals surface area contributed by atoms with E-state index >= 15 is 0 Å². The Labute approximate surface area is 81.0 Å². The second kappa shape index (κ2) is 3.07. The van der Waals surface area contributed by atoms with Gasteiger partial charge in [-0.2, -0.15) is 0 Å². The van der Waals surface area contributed by atoms with Crippen molar-refractivity contribution < 1.29 is 9.90 Å². The number of benzene rings is 1. The molecule has 0 fully saturated rings. The van der Waals surface area contributed by atoms with Gasteiger partial charge in [-0.05, 0) is 30.5 Å². The summed E-state index contributed by atoms with van der Waals surface area (Å²) < 4.78 is 0. The van der Waals surface area contributed by atoms with Crippen molar-refractivity contribution >= 4 is 17.7 Å². The fourth-order valence-corrected chi connectivity index (χ4v) is 2.77. The van der Waals surface area contributed by atoms with E-state index in [9.17, 15) is 4.79 Å². The van der Waals surface area contributed by atoms with Crippen LogP contribution in [-0.2, 0) is 11.2 Å². The molecule has 0 bridgehead atoms. The molecule has 1 atom stereocenters. The second-order valence-corrected chi connectivity index (χ2v) is 4.45. The molecule has 1 aromatic carbocycles. The van der Waals surface area contributed by atoms with Crippen LogP contribution in [0.1, 0.15) is 11.1 Å².